The average molecular weight is 288 g/mol. The lowest BCUT2D eigenvalue weighted by atomic mass is 9.84. The number of benzene rings is 1. The van der Waals surface area contributed by atoms with Gasteiger partial charge in [-0.1, -0.05) is 12.1 Å². The van der Waals surface area contributed by atoms with Crippen molar-refractivity contribution in [2.45, 2.75) is 31.7 Å². The maximum Gasteiger partial charge on any atom is 0.222 e. The van der Waals surface area contributed by atoms with E-state index in [0.717, 1.165) is 44.6 Å². The van der Waals surface area contributed by atoms with Gasteiger partial charge in [0.1, 0.15) is 5.75 Å². The van der Waals surface area contributed by atoms with Crippen molar-refractivity contribution in [3.05, 3.63) is 29.8 Å². The van der Waals surface area contributed by atoms with Gasteiger partial charge < -0.3 is 15.0 Å². The van der Waals surface area contributed by atoms with Crippen LogP contribution in [-0.2, 0) is 11.2 Å². The van der Waals surface area contributed by atoms with Gasteiger partial charge in [-0.05, 0) is 56.0 Å². The van der Waals surface area contributed by atoms with E-state index in [1.54, 1.807) is 7.11 Å². The van der Waals surface area contributed by atoms with Crippen LogP contribution in [0.1, 0.15) is 24.8 Å². The maximum atomic E-state index is 12.3. The first-order valence-corrected chi connectivity index (χ1v) is 7.91. The van der Waals surface area contributed by atoms with Gasteiger partial charge >= 0.3 is 0 Å². The number of carbonyl (C=O) groups is 1. The van der Waals surface area contributed by atoms with Crippen LogP contribution in [0.5, 0.6) is 5.75 Å². The maximum absolute atomic E-state index is 12.3. The molecule has 2 fully saturated rings. The van der Waals surface area contributed by atoms with Crippen LogP contribution in [-0.4, -0.2) is 43.6 Å². The van der Waals surface area contributed by atoms with Gasteiger partial charge in [-0.2, -0.15) is 0 Å². The normalized spacial score (nSPS) is 25.6. The van der Waals surface area contributed by atoms with Crippen molar-refractivity contribution in [3.8, 4) is 5.75 Å². The highest BCUT2D eigenvalue weighted by molar-refractivity contribution is 5.77. The number of piperidine rings is 2. The monoisotopic (exact) mass is 288 g/mol. The Morgan fingerprint density at radius 3 is 2.86 bits per heavy atom. The zero-order valence-electron chi connectivity index (χ0n) is 12.7. The number of fused-ring (bicyclic) bond motifs is 1. The van der Waals surface area contributed by atoms with Gasteiger partial charge in [0.2, 0.25) is 5.91 Å². The van der Waals surface area contributed by atoms with Crippen LogP contribution in [0.2, 0.25) is 0 Å². The van der Waals surface area contributed by atoms with Crippen LogP contribution in [0.25, 0.3) is 0 Å². The summed E-state index contributed by atoms with van der Waals surface area (Å²) in [5, 5.41) is 3.45. The number of hydrogen-bond acceptors (Lipinski definition) is 3. The predicted octanol–water partition coefficient (Wildman–Crippen LogP) is 1.84. The molecule has 0 saturated carbocycles. The van der Waals surface area contributed by atoms with Gasteiger partial charge in [0.05, 0.1) is 7.11 Å². The molecule has 0 bridgehead atoms. The molecule has 4 nitrogen and oxygen atoms in total. The number of rotatable bonds is 4. The molecule has 114 valence electrons. The second-order valence-corrected chi connectivity index (χ2v) is 6.04. The summed E-state index contributed by atoms with van der Waals surface area (Å²) in [5.74, 6) is 1.87. The summed E-state index contributed by atoms with van der Waals surface area (Å²) in [5.41, 5.74) is 1.26. The van der Waals surface area contributed by atoms with Crippen molar-refractivity contribution < 1.29 is 9.53 Å². The van der Waals surface area contributed by atoms with Crippen molar-refractivity contribution in [3.63, 3.8) is 0 Å². The first-order chi connectivity index (χ1) is 10.3. The van der Waals surface area contributed by atoms with Crippen LogP contribution >= 0.6 is 0 Å². The molecule has 1 aromatic carbocycles. The first kappa shape index (κ1) is 14.4. The Kier molecular flexibility index (Phi) is 4.44. The van der Waals surface area contributed by atoms with E-state index in [1.807, 2.05) is 12.1 Å². The quantitative estimate of drug-likeness (QED) is 0.919. The molecule has 2 atom stereocenters. The van der Waals surface area contributed by atoms with Crippen LogP contribution in [0.3, 0.4) is 0 Å². The number of nitrogens with one attached hydrogen (secondary N) is 1. The number of methoxy groups -OCH3 is 1. The Morgan fingerprint density at radius 1 is 1.29 bits per heavy atom. The highest BCUT2D eigenvalue weighted by Crippen LogP contribution is 2.28. The minimum absolute atomic E-state index is 0.340. The molecule has 4 heteroatoms. The lowest BCUT2D eigenvalue weighted by molar-refractivity contribution is -0.139. The third-order valence-corrected chi connectivity index (χ3v) is 4.82. The Morgan fingerprint density at radius 2 is 2.10 bits per heavy atom. The molecule has 0 spiro atoms. The second-order valence-electron chi connectivity index (χ2n) is 6.04. The third kappa shape index (κ3) is 3.21. The van der Waals surface area contributed by atoms with Crippen molar-refractivity contribution in [2.75, 3.05) is 26.7 Å². The minimum Gasteiger partial charge on any atom is -0.497 e. The van der Waals surface area contributed by atoms with Crippen LogP contribution in [0, 0.1) is 5.92 Å². The summed E-state index contributed by atoms with van der Waals surface area (Å²) in [7, 11) is 1.68. The second kappa shape index (κ2) is 6.48. The summed E-state index contributed by atoms with van der Waals surface area (Å²) in [6, 6.07) is 8.60. The summed E-state index contributed by atoms with van der Waals surface area (Å²) < 4.78 is 5.18. The molecule has 0 aromatic heterocycles. The molecular formula is C17H24N2O2. The van der Waals surface area contributed by atoms with E-state index in [2.05, 4.69) is 22.3 Å². The molecule has 0 aliphatic carbocycles. The largest absolute Gasteiger partial charge is 0.497 e. The zero-order chi connectivity index (χ0) is 14.7. The summed E-state index contributed by atoms with van der Waals surface area (Å²) in [6.45, 7) is 2.94. The Labute approximate surface area is 126 Å². The number of likely N-dealkylation sites (tertiary alicyclic amines) is 1. The Bertz CT molecular complexity index is 486. The summed E-state index contributed by atoms with van der Waals surface area (Å²) >= 11 is 0. The van der Waals surface area contributed by atoms with E-state index in [9.17, 15) is 4.79 Å². The molecule has 2 aliphatic rings. The fraction of sp³-hybridized carbons (Fsp3) is 0.588. The molecule has 1 N–H and O–H groups in total. The smallest absolute Gasteiger partial charge is 0.222 e. The van der Waals surface area contributed by atoms with E-state index >= 15 is 0 Å². The lowest BCUT2D eigenvalue weighted by Gasteiger charge is -2.44. The van der Waals surface area contributed by atoms with Gasteiger partial charge in [-0.15, -0.1) is 0 Å². The summed E-state index contributed by atoms with van der Waals surface area (Å²) in [4.78, 5) is 14.4. The highest BCUT2D eigenvalue weighted by Gasteiger charge is 2.36. The Balaban J connectivity index is 1.62. The van der Waals surface area contributed by atoms with Crippen LogP contribution < -0.4 is 10.1 Å². The van der Waals surface area contributed by atoms with E-state index in [1.165, 1.54) is 5.56 Å². The molecule has 2 saturated heterocycles. The van der Waals surface area contributed by atoms with Crippen molar-refractivity contribution in [2.24, 2.45) is 5.92 Å². The van der Waals surface area contributed by atoms with E-state index in [4.69, 9.17) is 4.74 Å². The van der Waals surface area contributed by atoms with Gasteiger partial charge in [-0.3, -0.25) is 4.79 Å². The minimum atomic E-state index is 0.340. The number of nitrogens with zero attached hydrogens (tertiary/aromatic N) is 1. The number of carbonyl (C=O) groups excluding carboxylic acids is 1. The molecule has 1 aromatic rings. The third-order valence-electron chi connectivity index (χ3n) is 4.82. The molecular weight excluding hydrogens is 264 g/mol. The molecule has 1 amide bonds. The SMILES string of the molecule is COc1ccc(CCN2C(=O)CCC3CNCCC32)cc1. The van der Waals surface area contributed by atoms with Gasteiger partial charge in [0.25, 0.3) is 0 Å². The molecule has 0 radical (unpaired) electrons. The van der Waals surface area contributed by atoms with E-state index < -0.39 is 0 Å². The van der Waals surface area contributed by atoms with Crippen molar-refractivity contribution in [1.82, 2.24) is 10.2 Å². The van der Waals surface area contributed by atoms with Crippen LogP contribution in [0.4, 0.5) is 0 Å². The predicted molar refractivity (Wildman–Crippen MR) is 82.4 cm³/mol. The van der Waals surface area contributed by atoms with Crippen LogP contribution in [0.15, 0.2) is 24.3 Å². The average Bonchev–Trinajstić information content (AvgIpc) is 2.54. The molecule has 2 unspecified atom stereocenters. The standard InChI is InChI=1S/C17H24N2O2/c1-21-15-5-2-13(3-6-15)9-11-19-16-8-10-18-12-14(16)4-7-17(19)20/h2-3,5-6,14,16,18H,4,7-12H2,1H3. The fourth-order valence-corrected chi connectivity index (χ4v) is 3.58. The fourth-order valence-electron chi connectivity index (χ4n) is 3.58. The number of hydrogen-bond donors (Lipinski definition) is 1. The van der Waals surface area contributed by atoms with E-state index in [0.29, 0.717) is 24.3 Å². The first-order valence-electron chi connectivity index (χ1n) is 7.91. The highest BCUT2D eigenvalue weighted by atomic mass is 16.5. The van der Waals surface area contributed by atoms with E-state index in [-0.39, 0.29) is 0 Å². The molecule has 21 heavy (non-hydrogen) atoms. The molecule has 2 aliphatic heterocycles. The van der Waals surface area contributed by atoms with Gasteiger partial charge in [0.15, 0.2) is 0 Å². The molecule has 3 rings (SSSR count). The lowest BCUT2D eigenvalue weighted by Crippen LogP contribution is -2.55. The number of amides is 1. The van der Waals surface area contributed by atoms with Crippen molar-refractivity contribution in [1.29, 1.82) is 0 Å². The molecule has 2 heterocycles. The summed E-state index contributed by atoms with van der Waals surface area (Å²) in [6.07, 6.45) is 3.78. The van der Waals surface area contributed by atoms with Gasteiger partial charge in [-0.25, -0.2) is 0 Å². The Hall–Kier alpha value is -1.55. The number of ether oxygens (including phenoxy) is 1. The zero-order valence-corrected chi connectivity index (χ0v) is 12.7. The van der Waals surface area contributed by atoms with Crippen molar-refractivity contribution >= 4 is 5.91 Å². The topological polar surface area (TPSA) is 41.6 Å². The van der Waals surface area contributed by atoms with Gasteiger partial charge in [0, 0.05) is 19.0 Å².